The van der Waals surface area contributed by atoms with E-state index in [0.29, 0.717) is 6.10 Å². The molecular formula is C19H20O2. The third kappa shape index (κ3) is 3.20. The molecule has 0 bridgehead atoms. The van der Waals surface area contributed by atoms with Crippen LogP contribution in [0.5, 0.6) is 5.75 Å². The molecule has 2 nitrogen and oxygen atoms in total. The molecule has 0 saturated heterocycles. The van der Waals surface area contributed by atoms with Gasteiger partial charge in [0.2, 0.25) is 0 Å². The van der Waals surface area contributed by atoms with E-state index < -0.39 is 0 Å². The second kappa shape index (κ2) is 6.65. The summed E-state index contributed by atoms with van der Waals surface area (Å²) >= 11 is 0. The largest absolute Gasteiger partial charge is 0.489 e. The summed E-state index contributed by atoms with van der Waals surface area (Å²) in [5.74, 6) is 6.68. The van der Waals surface area contributed by atoms with Gasteiger partial charge in [0.1, 0.15) is 12.4 Å². The summed E-state index contributed by atoms with van der Waals surface area (Å²) in [6.45, 7) is -0.133. The lowest BCUT2D eigenvalue weighted by atomic mass is 9.97. The number of benzene rings is 2. The summed E-state index contributed by atoms with van der Waals surface area (Å²) in [6, 6.07) is 12.3. The fourth-order valence-electron chi connectivity index (χ4n) is 2.97. The van der Waals surface area contributed by atoms with Gasteiger partial charge >= 0.3 is 0 Å². The van der Waals surface area contributed by atoms with Crippen molar-refractivity contribution < 1.29 is 9.84 Å². The molecule has 2 aromatic rings. The summed E-state index contributed by atoms with van der Waals surface area (Å²) in [5.41, 5.74) is 0.896. The molecule has 1 saturated carbocycles. The van der Waals surface area contributed by atoms with Gasteiger partial charge in [0.25, 0.3) is 0 Å². The Labute approximate surface area is 125 Å². The standard InChI is InChI=1S/C19H20O2/c20-14-6-11-18-17-10-5-4-7-15(17)12-13-19(18)21-16-8-2-1-3-9-16/h4-5,7,10,12-13,16,20H,1-3,8-9,14H2. The van der Waals surface area contributed by atoms with Gasteiger partial charge in [-0.05, 0) is 37.1 Å². The van der Waals surface area contributed by atoms with Gasteiger partial charge in [-0.1, -0.05) is 48.6 Å². The second-order valence-electron chi connectivity index (χ2n) is 5.50. The van der Waals surface area contributed by atoms with E-state index in [4.69, 9.17) is 9.84 Å². The molecule has 108 valence electrons. The molecule has 0 aliphatic heterocycles. The fraction of sp³-hybridized carbons (Fsp3) is 0.368. The number of hydrogen-bond donors (Lipinski definition) is 1. The number of aliphatic hydroxyl groups excluding tert-OH is 1. The van der Waals surface area contributed by atoms with Crippen molar-refractivity contribution in [2.75, 3.05) is 6.61 Å². The first-order valence-corrected chi connectivity index (χ1v) is 7.66. The van der Waals surface area contributed by atoms with E-state index in [1.807, 2.05) is 18.2 Å². The van der Waals surface area contributed by atoms with Crippen LogP contribution < -0.4 is 4.74 Å². The molecule has 0 unspecified atom stereocenters. The highest BCUT2D eigenvalue weighted by Gasteiger charge is 2.17. The van der Waals surface area contributed by atoms with Gasteiger partial charge in [-0.15, -0.1) is 0 Å². The molecule has 0 heterocycles. The zero-order valence-corrected chi connectivity index (χ0v) is 12.1. The number of aliphatic hydroxyl groups is 1. The molecule has 21 heavy (non-hydrogen) atoms. The van der Waals surface area contributed by atoms with Gasteiger partial charge in [-0.3, -0.25) is 0 Å². The van der Waals surface area contributed by atoms with Crippen LogP contribution in [0.1, 0.15) is 37.7 Å². The highest BCUT2D eigenvalue weighted by Crippen LogP contribution is 2.30. The third-order valence-corrected chi connectivity index (χ3v) is 4.03. The molecule has 1 N–H and O–H groups in total. The topological polar surface area (TPSA) is 29.5 Å². The maximum Gasteiger partial charge on any atom is 0.135 e. The molecule has 0 atom stereocenters. The summed E-state index contributed by atoms with van der Waals surface area (Å²) in [4.78, 5) is 0. The van der Waals surface area contributed by atoms with E-state index in [2.05, 4.69) is 30.0 Å². The van der Waals surface area contributed by atoms with Crippen LogP contribution in [0.25, 0.3) is 10.8 Å². The Morgan fingerprint density at radius 3 is 2.67 bits per heavy atom. The number of ether oxygens (including phenoxy) is 1. The Hall–Kier alpha value is -1.98. The highest BCUT2D eigenvalue weighted by molar-refractivity contribution is 5.90. The van der Waals surface area contributed by atoms with Crippen molar-refractivity contribution >= 4 is 10.8 Å². The van der Waals surface area contributed by atoms with Crippen molar-refractivity contribution in [3.05, 3.63) is 42.0 Å². The van der Waals surface area contributed by atoms with Gasteiger partial charge in [-0.2, -0.15) is 0 Å². The minimum atomic E-state index is -0.133. The maximum atomic E-state index is 9.00. The summed E-state index contributed by atoms with van der Waals surface area (Å²) in [6.07, 6.45) is 6.36. The normalized spacial score (nSPS) is 15.5. The quantitative estimate of drug-likeness (QED) is 0.846. The first kappa shape index (κ1) is 14.0. The minimum absolute atomic E-state index is 0.133. The Kier molecular flexibility index (Phi) is 4.43. The van der Waals surface area contributed by atoms with Crippen molar-refractivity contribution in [2.45, 2.75) is 38.2 Å². The van der Waals surface area contributed by atoms with E-state index in [1.165, 1.54) is 19.3 Å². The van der Waals surface area contributed by atoms with Crippen molar-refractivity contribution in [3.63, 3.8) is 0 Å². The lowest BCUT2D eigenvalue weighted by Crippen LogP contribution is -2.20. The molecule has 0 aromatic heterocycles. The summed E-state index contributed by atoms with van der Waals surface area (Å²) in [7, 11) is 0. The van der Waals surface area contributed by atoms with Crippen molar-refractivity contribution in [1.82, 2.24) is 0 Å². The average Bonchev–Trinajstić information content (AvgIpc) is 2.55. The van der Waals surface area contributed by atoms with Crippen LogP contribution >= 0.6 is 0 Å². The van der Waals surface area contributed by atoms with E-state index in [1.54, 1.807) is 0 Å². The van der Waals surface area contributed by atoms with Crippen molar-refractivity contribution in [1.29, 1.82) is 0 Å². The Balaban J connectivity index is 1.99. The van der Waals surface area contributed by atoms with Crippen molar-refractivity contribution in [2.24, 2.45) is 0 Å². The van der Waals surface area contributed by atoms with Crippen LogP contribution in [0.3, 0.4) is 0 Å². The van der Waals surface area contributed by atoms with Gasteiger partial charge < -0.3 is 9.84 Å². The molecule has 3 rings (SSSR count). The average molecular weight is 280 g/mol. The van der Waals surface area contributed by atoms with Crippen LogP contribution in [0.4, 0.5) is 0 Å². The van der Waals surface area contributed by atoms with E-state index >= 15 is 0 Å². The van der Waals surface area contributed by atoms with E-state index in [-0.39, 0.29) is 6.61 Å². The smallest absolute Gasteiger partial charge is 0.135 e. The lowest BCUT2D eigenvalue weighted by molar-refractivity contribution is 0.155. The monoisotopic (exact) mass is 280 g/mol. The first-order chi connectivity index (χ1) is 10.4. The molecule has 2 aromatic carbocycles. The summed E-state index contributed by atoms with van der Waals surface area (Å²) in [5, 5.41) is 11.2. The van der Waals surface area contributed by atoms with Crippen LogP contribution in [0, 0.1) is 11.8 Å². The molecule has 1 fully saturated rings. The van der Waals surface area contributed by atoms with Gasteiger partial charge in [-0.25, -0.2) is 0 Å². The van der Waals surface area contributed by atoms with Gasteiger partial charge in [0, 0.05) is 5.39 Å². The zero-order valence-electron chi connectivity index (χ0n) is 12.1. The lowest BCUT2D eigenvalue weighted by Gasteiger charge is -2.24. The van der Waals surface area contributed by atoms with Gasteiger partial charge in [0.15, 0.2) is 0 Å². The Bertz CT molecular complexity index is 673. The van der Waals surface area contributed by atoms with Crippen molar-refractivity contribution in [3.8, 4) is 17.6 Å². The van der Waals surface area contributed by atoms with Gasteiger partial charge in [0.05, 0.1) is 11.7 Å². The minimum Gasteiger partial charge on any atom is -0.489 e. The SMILES string of the molecule is OCC#Cc1c(OC2CCCCC2)ccc2ccccc12. The van der Waals surface area contributed by atoms with Crippen LogP contribution in [-0.4, -0.2) is 17.8 Å². The second-order valence-corrected chi connectivity index (χ2v) is 5.50. The molecule has 0 radical (unpaired) electrons. The molecule has 2 heteroatoms. The predicted molar refractivity (Wildman–Crippen MR) is 85.4 cm³/mol. The highest BCUT2D eigenvalue weighted by atomic mass is 16.5. The molecular weight excluding hydrogens is 260 g/mol. The predicted octanol–water partition coefficient (Wildman–Crippen LogP) is 3.90. The van der Waals surface area contributed by atoms with Crippen LogP contribution in [0.15, 0.2) is 36.4 Å². The Morgan fingerprint density at radius 2 is 1.86 bits per heavy atom. The maximum absolute atomic E-state index is 9.00. The van der Waals surface area contributed by atoms with Crippen LogP contribution in [0.2, 0.25) is 0 Å². The number of fused-ring (bicyclic) bond motifs is 1. The van der Waals surface area contributed by atoms with Crippen LogP contribution in [-0.2, 0) is 0 Å². The number of hydrogen-bond acceptors (Lipinski definition) is 2. The molecule has 1 aliphatic carbocycles. The molecule has 0 spiro atoms. The van der Waals surface area contributed by atoms with E-state index in [0.717, 1.165) is 34.9 Å². The molecule has 1 aliphatic rings. The first-order valence-electron chi connectivity index (χ1n) is 7.66. The fourth-order valence-corrected chi connectivity index (χ4v) is 2.97. The Morgan fingerprint density at radius 1 is 1.05 bits per heavy atom. The molecule has 0 amide bonds. The van der Waals surface area contributed by atoms with E-state index in [9.17, 15) is 0 Å². The zero-order chi connectivity index (χ0) is 14.5. The third-order valence-electron chi connectivity index (χ3n) is 4.03. The summed E-state index contributed by atoms with van der Waals surface area (Å²) < 4.78 is 6.21. The number of rotatable bonds is 2.